The Hall–Kier alpha value is -2.28. The number of hydrogen-bond donors (Lipinski definition) is 8. The largest absolute Gasteiger partial charge is 0.480 e. The van der Waals surface area contributed by atoms with E-state index in [9.17, 15) is 24.3 Å². The minimum Gasteiger partial charge on any atom is -0.480 e. The van der Waals surface area contributed by atoms with Gasteiger partial charge in [-0.05, 0) is 25.3 Å². The summed E-state index contributed by atoms with van der Waals surface area (Å²) in [4.78, 5) is 48.2. The van der Waals surface area contributed by atoms with Gasteiger partial charge in [-0.15, -0.1) is 0 Å². The smallest absolute Gasteiger partial charge is 0.328 e. The van der Waals surface area contributed by atoms with Crippen molar-refractivity contribution in [3.05, 3.63) is 0 Å². The topological polar surface area (TPSA) is 217 Å². The molecular weight excluding hydrogens is 398 g/mol. The highest BCUT2D eigenvalue weighted by atomic mass is 16.4. The van der Waals surface area contributed by atoms with Crippen molar-refractivity contribution in [2.24, 2.45) is 17.4 Å². The molecule has 0 aromatic rings. The number of unbranched alkanes of at least 4 members (excludes halogenated alkanes) is 1. The molecular formula is C18H35N5O7. The minimum absolute atomic E-state index is 0.360. The second-order valence-electron chi connectivity index (χ2n) is 7.09. The second kappa shape index (κ2) is 14.7. The normalized spacial score (nSPS) is 15.9. The molecule has 174 valence electrons. The summed E-state index contributed by atoms with van der Waals surface area (Å²) in [6.45, 7) is 2.35. The highest BCUT2D eigenvalue weighted by Crippen LogP contribution is 2.09. The third kappa shape index (κ3) is 9.48. The third-order valence-corrected chi connectivity index (χ3v) is 4.71. The molecule has 5 unspecified atom stereocenters. The lowest BCUT2D eigenvalue weighted by Crippen LogP contribution is -2.59. The van der Waals surface area contributed by atoms with E-state index < -0.39 is 67.0 Å². The SMILES string of the molecule is CCC(C)C(NC(=O)C(CO)NC(=O)C(N)CCCCN)C(=O)NC(CO)C(=O)O. The number of carbonyl (C=O) groups excluding carboxylic acids is 3. The number of hydrogen-bond acceptors (Lipinski definition) is 8. The highest BCUT2D eigenvalue weighted by molar-refractivity contribution is 5.94. The fourth-order valence-corrected chi connectivity index (χ4v) is 2.52. The summed E-state index contributed by atoms with van der Waals surface area (Å²) < 4.78 is 0. The molecule has 0 aromatic heterocycles. The van der Waals surface area contributed by atoms with Gasteiger partial charge in [0.25, 0.3) is 0 Å². The van der Waals surface area contributed by atoms with Crippen molar-refractivity contribution in [2.75, 3.05) is 19.8 Å². The number of nitrogens with one attached hydrogen (secondary N) is 3. The van der Waals surface area contributed by atoms with Gasteiger partial charge in [-0.2, -0.15) is 0 Å². The van der Waals surface area contributed by atoms with Crippen LogP contribution in [0.15, 0.2) is 0 Å². The van der Waals surface area contributed by atoms with Crippen LogP contribution in [-0.4, -0.2) is 82.9 Å². The van der Waals surface area contributed by atoms with Crippen molar-refractivity contribution < 1.29 is 34.5 Å². The van der Waals surface area contributed by atoms with Gasteiger partial charge in [-0.3, -0.25) is 14.4 Å². The van der Waals surface area contributed by atoms with Gasteiger partial charge in [0.1, 0.15) is 18.1 Å². The van der Waals surface area contributed by atoms with Crippen molar-refractivity contribution in [2.45, 2.75) is 63.7 Å². The molecule has 0 spiro atoms. The van der Waals surface area contributed by atoms with E-state index >= 15 is 0 Å². The predicted molar refractivity (Wildman–Crippen MR) is 108 cm³/mol. The molecule has 0 radical (unpaired) electrons. The van der Waals surface area contributed by atoms with Gasteiger partial charge in [0.2, 0.25) is 17.7 Å². The van der Waals surface area contributed by atoms with Crippen LogP contribution in [0.3, 0.4) is 0 Å². The van der Waals surface area contributed by atoms with Crippen LogP contribution in [0.25, 0.3) is 0 Å². The Bertz CT molecular complexity index is 575. The van der Waals surface area contributed by atoms with Crippen molar-refractivity contribution in [3.8, 4) is 0 Å². The van der Waals surface area contributed by atoms with Gasteiger partial charge in [0.15, 0.2) is 0 Å². The number of carbonyl (C=O) groups is 4. The second-order valence-corrected chi connectivity index (χ2v) is 7.09. The van der Waals surface area contributed by atoms with E-state index in [4.69, 9.17) is 21.7 Å². The van der Waals surface area contributed by atoms with E-state index in [2.05, 4.69) is 16.0 Å². The molecule has 10 N–H and O–H groups in total. The molecule has 12 nitrogen and oxygen atoms in total. The summed E-state index contributed by atoms with van der Waals surface area (Å²) in [5.74, 6) is -4.08. The lowest BCUT2D eigenvalue weighted by Gasteiger charge is -2.27. The van der Waals surface area contributed by atoms with Gasteiger partial charge in [0, 0.05) is 0 Å². The summed E-state index contributed by atoms with van der Waals surface area (Å²) >= 11 is 0. The zero-order valence-electron chi connectivity index (χ0n) is 17.5. The highest BCUT2D eigenvalue weighted by Gasteiger charge is 2.32. The molecule has 3 amide bonds. The minimum atomic E-state index is -1.53. The van der Waals surface area contributed by atoms with Gasteiger partial charge in [-0.1, -0.05) is 26.7 Å². The summed E-state index contributed by atoms with van der Waals surface area (Å²) in [5, 5.41) is 34.5. The van der Waals surface area contributed by atoms with Crippen molar-refractivity contribution >= 4 is 23.7 Å². The standard InChI is InChI=1S/C18H35N5O7/c1-3-10(2)14(17(28)22-13(9-25)18(29)30)23-16(27)12(8-24)21-15(26)11(20)6-4-5-7-19/h10-14,24-25H,3-9,19-20H2,1-2H3,(H,21,26)(H,22,28)(H,23,27)(H,29,30). The fraction of sp³-hybridized carbons (Fsp3) is 0.778. The van der Waals surface area contributed by atoms with Gasteiger partial charge in [0.05, 0.1) is 19.3 Å². The Morgan fingerprint density at radius 2 is 1.47 bits per heavy atom. The zero-order chi connectivity index (χ0) is 23.3. The van der Waals surface area contributed by atoms with Crippen molar-refractivity contribution in [1.29, 1.82) is 0 Å². The number of rotatable bonds is 15. The van der Waals surface area contributed by atoms with Crippen LogP contribution in [0.5, 0.6) is 0 Å². The first-order valence-corrected chi connectivity index (χ1v) is 9.94. The van der Waals surface area contributed by atoms with Crippen LogP contribution < -0.4 is 27.4 Å². The molecule has 0 fully saturated rings. The summed E-state index contributed by atoms with van der Waals surface area (Å²) in [6, 6.07) is -4.89. The average molecular weight is 434 g/mol. The first-order valence-electron chi connectivity index (χ1n) is 9.94. The van der Waals surface area contributed by atoms with Gasteiger partial charge < -0.3 is 42.7 Å². The molecule has 0 bridgehead atoms. The Morgan fingerprint density at radius 1 is 0.900 bits per heavy atom. The molecule has 0 aliphatic heterocycles. The van der Waals surface area contributed by atoms with Crippen LogP contribution in [0.1, 0.15) is 39.5 Å². The Kier molecular flexibility index (Phi) is 13.5. The maximum atomic E-state index is 12.5. The molecule has 0 heterocycles. The number of carboxylic acid groups (broad SMARTS) is 1. The van der Waals surface area contributed by atoms with E-state index in [0.29, 0.717) is 32.2 Å². The number of aliphatic hydroxyl groups is 2. The van der Waals surface area contributed by atoms with Crippen molar-refractivity contribution in [3.63, 3.8) is 0 Å². The number of carboxylic acids is 1. The summed E-state index contributed by atoms with van der Waals surface area (Å²) in [5.41, 5.74) is 11.2. The predicted octanol–water partition coefficient (Wildman–Crippen LogP) is -2.99. The number of aliphatic hydroxyl groups excluding tert-OH is 2. The number of nitrogens with two attached hydrogens (primary N) is 2. The molecule has 0 aliphatic rings. The molecule has 0 aromatic carbocycles. The summed E-state index contributed by atoms with van der Waals surface area (Å²) in [7, 11) is 0. The van der Waals surface area contributed by atoms with Crippen LogP contribution in [0.4, 0.5) is 0 Å². The molecule has 12 heteroatoms. The van der Waals surface area contributed by atoms with E-state index in [1.54, 1.807) is 13.8 Å². The lowest BCUT2D eigenvalue weighted by molar-refractivity contribution is -0.143. The van der Waals surface area contributed by atoms with Gasteiger partial charge >= 0.3 is 5.97 Å². The number of amides is 3. The fourth-order valence-electron chi connectivity index (χ4n) is 2.52. The molecule has 0 rings (SSSR count). The Labute approximate surface area is 175 Å². The Morgan fingerprint density at radius 3 is 1.93 bits per heavy atom. The van der Waals surface area contributed by atoms with Crippen LogP contribution in [0, 0.1) is 5.92 Å². The number of aliphatic carboxylic acids is 1. The molecule has 0 saturated carbocycles. The van der Waals surface area contributed by atoms with Crippen LogP contribution in [0.2, 0.25) is 0 Å². The molecule has 30 heavy (non-hydrogen) atoms. The Balaban J connectivity index is 5.11. The maximum absolute atomic E-state index is 12.5. The van der Waals surface area contributed by atoms with Gasteiger partial charge in [-0.25, -0.2) is 4.79 Å². The molecule has 0 aliphatic carbocycles. The van der Waals surface area contributed by atoms with E-state index in [1.165, 1.54) is 0 Å². The van der Waals surface area contributed by atoms with E-state index in [-0.39, 0.29) is 0 Å². The molecule has 5 atom stereocenters. The first-order chi connectivity index (χ1) is 14.1. The molecule has 0 saturated heterocycles. The lowest BCUT2D eigenvalue weighted by atomic mass is 9.97. The first kappa shape index (κ1) is 27.7. The third-order valence-electron chi connectivity index (χ3n) is 4.71. The van der Waals surface area contributed by atoms with Crippen LogP contribution in [-0.2, 0) is 19.2 Å². The van der Waals surface area contributed by atoms with E-state index in [0.717, 1.165) is 0 Å². The quantitative estimate of drug-likeness (QED) is 0.123. The van der Waals surface area contributed by atoms with Crippen LogP contribution >= 0.6 is 0 Å². The zero-order valence-corrected chi connectivity index (χ0v) is 17.5. The summed E-state index contributed by atoms with van der Waals surface area (Å²) in [6.07, 6.45) is 2.16. The van der Waals surface area contributed by atoms with Crippen molar-refractivity contribution in [1.82, 2.24) is 16.0 Å². The monoisotopic (exact) mass is 433 g/mol. The van der Waals surface area contributed by atoms with E-state index in [1.807, 2.05) is 0 Å². The average Bonchev–Trinajstić information content (AvgIpc) is 2.72. The maximum Gasteiger partial charge on any atom is 0.328 e.